The van der Waals surface area contributed by atoms with E-state index >= 15 is 0 Å². The number of piperazine rings is 1. The fraction of sp³-hybridized carbons (Fsp3) is 0.385. The fourth-order valence-corrected chi connectivity index (χ4v) is 4.89. The Hall–Kier alpha value is -3.96. The summed E-state index contributed by atoms with van der Waals surface area (Å²) in [5, 5.41) is 9.11. The van der Waals surface area contributed by atoms with Crippen LogP contribution < -0.4 is 14.7 Å². The molecule has 1 N–H and O–H groups in total. The Kier molecular flexibility index (Phi) is 6.80. The van der Waals surface area contributed by atoms with Gasteiger partial charge in [-0.2, -0.15) is 18.2 Å². The first-order valence-corrected chi connectivity index (χ1v) is 12.3. The zero-order chi connectivity index (χ0) is 27.0. The Bertz CT molecular complexity index is 1330. The maximum absolute atomic E-state index is 13.7. The summed E-state index contributed by atoms with van der Waals surface area (Å²) in [7, 11) is 0. The fourth-order valence-electron chi connectivity index (χ4n) is 4.89. The van der Waals surface area contributed by atoms with Gasteiger partial charge in [-0.1, -0.05) is 0 Å². The average molecular weight is 531 g/mol. The number of alkyl halides is 3. The van der Waals surface area contributed by atoms with E-state index < -0.39 is 23.3 Å². The van der Waals surface area contributed by atoms with E-state index in [0.29, 0.717) is 36.6 Å². The van der Waals surface area contributed by atoms with Crippen molar-refractivity contribution in [2.45, 2.75) is 32.0 Å². The zero-order valence-electron chi connectivity index (χ0n) is 20.6. The predicted molar refractivity (Wildman–Crippen MR) is 134 cm³/mol. The molecule has 1 atom stereocenters. The average Bonchev–Trinajstić information content (AvgIpc) is 3.34. The van der Waals surface area contributed by atoms with Crippen molar-refractivity contribution in [3.63, 3.8) is 0 Å². The Morgan fingerprint density at radius 1 is 1.00 bits per heavy atom. The molecule has 3 aromatic rings. The number of aromatic nitrogens is 3. The monoisotopic (exact) mass is 530 g/mol. The molecule has 0 saturated carbocycles. The van der Waals surface area contributed by atoms with E-state index in [2.05, 4.69) is 16.8 Å². The van der Waals surface area contributed by atoms with Crippen LogP contribution in [0.25, 0.3) is 11.3 Å². The molecule has 12 heteroatoms. The van der Waals surface area contributed by atoms with Gasteiger partial charge >= 0.3 is 12.1 Å². The summed E-state index contributed by atoms with van der Waals surface area (Å²) in [6, 6.07) is 8.75. The Labute approximate surface area is 216 Å². The van der Waals surface area contributed by atoms with Crippen LogP contribution >= 0.6 is 0 Å². The first-order valence-electron chi connectivity index (χ1n) is 12.3. The summed E-state index contributed by atoms with van der Waals surface area (Å²) < 4.78 is 54.7. The standard InChI is InChI=1S/C26H26F4N6O2/c1-16-3-2-8-36(16)25-32-21(17-4-6-19(27)7-5-17)14-22(33-25)34-9-11-35(12-10-34)23-20(26(28,29)30)13-18(15-31-23)24(37)38/h4-7,13-16H,2-3,8-12H2,1H3,(H,37,38). The molecule has 0 bridgehead atoms. The quantitative estimate of drug-likeness (QED) is 0.475. The summed E-state index contributed by atoms with van der Waals surface area (Å²) in [6.07, 6.45) is -1.76. The molecule has 1 unspecified atom stereocenters. The van der Waals surface area contributed by atoms with E-state index in [1.807, 2.05) is 11.0 Å². The molecule has 0 spiro atoms. The predicted octanol–water partition coefficient (Wildman–Crippen LogP) is 4.71. The van der Waals surface area contributed by atoms with E-state index in [1.54, 1.807) is 12.1 Å². The highest BCUT2D eigenvalue weighted by Crippen LogP contribution is 2.37. The molecular weight excluding hydrogens is 504 g/mol. The minimum Gasteiger partial charge on any atom is -0.478 e. The van der Waals surface area contributed by atoms with Crippen LogP contribution in [0.15, 0.2) is 42.6 Å². The van der Waals surface area contributed by atoms with Crippen LogP contribution in [0, 0.1) is 5.82 Å². The molecule has 2 fully saturated rings. The number of carbonyl (C=O) groups is 1. The molecule has 5 rings (SSSR count). The van der Waals surface area contributed by atoms with E-state index in [0.717, 1.165) is 31.1 Å². The van der Waals surface area contributed by atoms with Crippen molar-refractivity contribution in [3.8, 4) is 11.3 Å². The second-order valence-electron chi connectivity index (χ2n) is 9.48. The summed E-state index contributed by atoms with van der Waals surface area (Å²) >= 11 is 0. The Balaban J connectivity index is 1.42. The van der Waals surface area contributed by atoms with Gasteiger partial charge in [0.2, 0.25) is 5.95 Å². The normalized spacial score (nSPS) is 18.2. The molecule has 2 aromatic heterocycles. The summed E-state index contributed by atoms with van der Waals surface area (Å²) in [5.74, 6) is -0.903. The van der Waals surface area contributed by atoms with Crippen molar-refractivity contribution in [2.24, 2.45) is 0 Å². The lowest BCUT2D eigenvalue weighted by molar-refractivity contribution is -0.137. The molecule has 0 radical (unpaired) electrons. The van der Waals surface area contributed by atoms with Crippen LogP contribution in [0.4, 0.5) is 35.1 Å². The van der Waals surface area contributed by atoms with Crippen molar-refractivity contribution in [1.29, 1.82) is 0 Å². The lowest BCUT2D eigenvalue weighted by Crippen LogP contribution is -2.47. The third-order valence-electron chi connectivity index (χ3n) is 6.97. The van der Waals surface area contributed by atoms with Crippen LogP contribution in [0.3, 0.4) is 0 Å². The van der Waals surface area contributed by atoms with Gasteiger partial charge < -0.3 is 19.8 Å². The van der Waals surface area contributed by atoms with E-state index in [4.69, 9.17) is 15.1 Å². The van der Waals surface area contributed by atoms with Gasteiger partial charge in [0.1, 0.15) is 17.5 Å². The summed E-state index contributed by atoms with van der Waals surface area (Å²) in [5.41, 5.74) is -0.217. The topological polar surface area (TPSA) is 85.7 Å². The maximum Gasteiger partial charge on any atom is 0.419 e. The number of nitrogens with zero attached hydrogens (tertiary/aromatic N) is 6. The molecule has 2 aliphatic rings. The number of aromatic carboxylic acids is 1. The van der Waals surface area contributed by atoms with E-state index in [9.17, 15) is 22.4 Å². The smallest absolute Gasteiger partial charge is 0.419 e. The third-order valence-corrected chi connectivity index (χ3v) is 6.97. The van der Waals surface area contributed by atoms with Crippen LogP contribution in [-0.2, 0) is 6.18 Å². The molecule has 38 heavy (non-hydrogen) atoms. The van der Waals surface area contributed by atoms with Gasteiger partial charge in [-0.25, -0.2) is 19.2 Å². The lowest BCUT2D eigenvalue weighted by Gasteiger charge is -2.37. The SMILES string of the molecule is CC1CCCN1c1nc(-c2ccc(F)cc2)cc(N2CCN(c3ncc(C(=O)O)cc3C(F)(F)F)CC2)n1. The lowest BCUT2D eigenvalue weighted by atomic mass is 10.1. The summed E-state index contributed by atoms with van der Waals surface area (Å²) in [4.78, 5) is 30.3. The highest BCUT2D eigenvalue weighted by atomic mass is 19.4. The molecule has 2 saturated heterocycles. The molecule has 0 amide bonds. The number of pyridine rings is 1. The van der Waals surface area contributed by atoms with Crippen molar-refractivity contribution >= 4 is 23.6 Å². The van der Waals surface area contributed by atoms with Gasteiger partial charge in [-0.05, 0) is 50.1 Å². The number of benzene rings is 1. The molecule has 4 heterocycles. The molecule has 1 aromatic carbocycles. The second kappa shape index (κ2) is 10.1. The van der Waals surface area contributed by atoms with Crippen LogP contribution in [0.2, 0.25) is 0 Å². The van der Waals surface area contributed by atoms with Gasteiger partial charge in [0.25, 0.3) is 0 Å². The number of anilines is 3. The molecule has 200 valence electrons. The number of rotatable bonds is 5. The number of carboxylic acid groups (broad SMARTS) is 1. The number of hydrogen-bond donors (Lipinski definition) is 1. The largest absolute Gasteiger partial charge is 0.478 e. The number of carboxylic acids is 1. The first-order chi connectivity index (χ1) is 18.1. The highest BCUT2D eigenvalue weighted by molar-refractivity contribution is 5.88. The minimum atomic E-state index is -4.75. The van der Waals surface area contributed by atoms with Gasteiger partial charge in [0.15, 0.2) is 0 Å². The second-order valence-corrected chi connectivity index (χ2v) is 9.48. The van der Waals surface area contributed by atoms with Crippen molar-refractivity contribution in [1.82, 2.24) is 15.0 Å². The molecule has 0 aliphatic carbocycles. The first kappa shape index (κ1) is 25.7. The van der Waals surface area contributed by atoms with Gasteiger partial charge in [-0.15, -0.1) is 0 Å². The van der Waals surface area contributed by atoms with E-state index in [1.165, 1.54) is 17.0 Å². The Morgan fingerprint density at radius 3 is 2.29 bits per heavy atom. The number of hydrogen-bond acceptors (Lipinski definition) is 7. The van der Waals surface area contributed by atoms with Crippen molar-refractivity contribution < 1.29 is 27.5 Å². The minimum absolute atomic E-state index is 0.230. The third kappa shape index (κ3) is 5.20. The zero-order valence-corrected chi connectivity index (χ0v) is 20.6. The van der Waals surface area contributed by atoms with Crippen molar-refractivity contribution in [2.75, 3.05) is 47.4 Å². The summed E-state index contributed by atoms with van der Waals surface area (Å²) in [6.45, 7) is 4.13. The van der Waals surface area contributed by atoms with Crippen LogP contribution in [0.5, 0.6) is 0 Å². The molecule has 2 aliphatic heterocycles. The van der Waals surface area contributed by atoms with Crippen molar-refractivity contribution in [3.05, 3.63) is 59.5 Å². The van der Waals surface area contributed by atoms with E-state index in [-0.39, 0.29) is 30.8 Å². The highest BCUT2D eigenvalue weighted by Gasteiger charge is 2.37. The molecule has 8 nitrogen and oxygen atoms in total. The van der Waals surface area contributed by atoms with Gasteiger partial charge in [0, 0.05) is 56.6 Å². The van der Waals surface area contributed by atoms with Crippen LogP contribution in [0.1, 0.15) is 35.7 Å². The number of halogens is 4. The van der Waals surface area contributed by atoms with Crippen LogP contribution in [-0.4, -0.2) is 64.8 Å². The molecular formula is C26H26F4N6O2. The van der Waals surface area contributed by atoms with Gasteiger partial charge in [-0.3, -0.25) is 0 Å². The van der Waals surface area contributed by atoms with Gasteiger partial charge in [0.05, 0.1) is 16.8 Å². The Morgan fingerprint density at radius 2 is 1.68 bits per heavy atom. The maximum atomic E-state index is 13.7.